The number of nitrogens with zero attached hydrogens (tertiary/aromatic N) is 5. The van der Waals surface area contributed by atoms with Crippen molar-refractivity contribution in [2.24, 2.45) is 0 Å². The Bertz CT molecular complexity index is 1080. The van der Waals surface area contributed by atoms with Gasteiger partial charge in [0.05, 0.1) is 16.0 Å². The molecule has 1 amide bonds. The molecule has 2 aromatic heterocycles. The molecule has 0 bridgehead atoms. The number of amides is 1. The van der Waals surface area contributed by atoms with Gasteiger partial charge in [-0.25, -0.2) is 4.98 Å². The number of rotatable bonds is 7. The number of hydrogen-bond acceptors (Lipinski definition) is 10. The topological polar surface area (TPSA) is 175 Å². The van der Waals surface area contributed by atoms with Crippen molar-refractivity contribution in [3.05, 3.63) is 80.9 Å². The highest BCUT2D eigenvalue weighted by Crippen LogP contribution is 2.33. The van der Waals surface area contributed by atoms with E-state index in [-0.39, 0.29) is 28.7 Å². The number of non-ortho nitro benzene ring substituents is 1. The first-order chi connectivity index (χ1) is 14.0. The molecule has 13 heteroatoms. The van der Waals surface area contributed by atoms with Gasteiger partial charge in [-0.1, -0.05) is 6.07 Å². The van der Waals surface area contributed by atoms with E-state index in [9.17, 15) is 25.0 Å². The molecule has 3 rings (SSSR count). The van der Waals surface area contributed by atoms with Crippen molar-refractivity contribution in [2.45, 2.75) is 0 Å². The number of anilines is 1. The summed E-state index contributed by atoms with van der Waals surface area (Å²) in [5.74, 6) is -1.27. The number of nitro benzene ring substituents is 1. The van der Waals surface area contributed by atoms with Gasteiger partial charge in [0.15, 0.2) is 0 Å². The molecule has 1 aromatic carbocycles. The van der Waals surface area contributed by atoms with Crippen molar-refractivity contribution in [2.75, 3.05) is 5.43 Å². The highest BCUT2D eigenvalue weighted by Gasteiger charge is 2.25. The van der Waals surface area contributed by atoms with Gasteiger partial charge in [0.25, 0.3) is 11.6 Å². The highest BCUT2D eigenvalue weighted by molar-refractivity contribution is 5.95. The molecule has 146 valence electrons. The van der Waals surface area contributed by atoms with Crippen LogP contribution >= 0.6 is 0 Å². The minimum absolute atomic E-state index is 0.0322. The summed E-state index contributed by atoms with van der Waals surface area (Å²) < 4.78 is 5.36. The van der Waals surface area contributed by atoms with E-state index in [1.807, 2.05) is 0 Å². The van der Waals surface area contributed by atoms with E-state index in [4.69, 9.17) is 4.74 Å². The predicted molar refractivity (Wildman–Crippen MR) is 97.2 cm³/mol. The Morgan fingerprint density at radius 1 is 1.07 bits per heavy atom. The number of pyridine rings is 1. The van der Waals surface area contributed by atoms with Crippen LogP contribution in [0.15, 0.2) is 55.1 Å². The second-order valence-electron chi connectivity index (χ2n) is 5.31. The molecule has 0 atom stereocenters. The molecule has 0 saturated carbocycles. The molecule has 0 spiro atoms. The van der Waals surface area contributed by atoms with Crippen LogP contribution < -0.4 is 15.6 Å². The Labute approximate surface area is 161 Å². The van der Waals surface area contributed by atoms with Gasteiger partial charge in [-0.3, -0.25) is 40.9 Å². The second kappa shape index (κ2) is 8.34. The molecule has 13 nitrogen and oxygen atoms in total. The third-order valence-corrected chi connectivity index (χ3v) is 3.43. The van der Waals surface area contributed by atoms with E-state index >= 15 is 0 Å². The zero-order valence-corrected chi connectivity index (χ0v) is 14.4. The average molecular weight is 397 g/mol. The number of carbonyl (C=O) groups excluding carboxylic acids is 1. The van der Waals surface area contributed by atoms with Gasteiger partial charge in [-0.15, -0.1) is 0 Å². The van der Waals surface area contributed by atoms with Crippen LogP contribution in [-0.2, 0) is 0 Å². The molecule has 0 fully saturated rings. The normalized spacial score (nSPS) is 10.1. The fourth-order valence-corrected chi connectivity index (χ4v) is 2.16. The summed E-state index contributed by atoms with van der Waals surface area (Å²) in [7, 11) is 0. The van der Waals surface area contributed by atoms with Crippen molar-refractivity contribution < 1.29 is 19.4 Å². The molecule has 2 heterocycles. The van der Waals surface area contributed by atoms with Crippen LogP contribution in [0.3, 0.4) is 0 Å². The summed E-state index contributed by atoms with van der Waals surface area (Å²) in [6, 6.07) is 8.05. The van der Waals surface area contributed by atoms with Crippen LogP contribution in [0.4, 0.5) is 17.2 Å². The molecule has 0 saturated heterocycles. The number of ether oxygens (including phenoxy) is 1. The fraction of sp³-hybridized carbons (Fsp3) is 0. The summed E-state index contributed by atoms with van der Waals surface area (Å²) >= 11 is 0. The number of aromatic nitrogens is 3. The predicted octanol–water partition coefficient (Wildman–Crippen LogP) is 2.24. The highest BCUT2D eigenvalue weighted by atomic mass is 16.6. The van der Waals surface area contributed by atoms with Crippen molar-refractivity contribution in [3.63, 3.8) is 0 Å². The standard InChI is InChI=1S/C16H11N7O6/c24-15(10-3-1-4-11(7-10)22(25)26)21-20-14-13(23(27)28)16(19-9-18-14)29-12-5-2-6-17-8-12/h1-9H,(H,21,24)(H,18,19,20). The molecule has 0 radical (unpaired) electrons. The van der Waals surface area contributed by atoms with Crippen LogP contribution in [0.5, 0.6) is 11.6 Å². The molecule has 0 aliphatic rings. The van der Waals surface area contributed by atoms with E-state index in [0.29, 0.717) is 0 Å². The van der Waals surface area contributed by atoms with Gasteiger partial charge in [0, 0.05) is 23.9 Å². The lowest BCUT2D eigenvalue weighted by Crippen LogP contribution is -2.30. The molecule has 0 aliphatic carbocycles. The number of hydrogen-bond donors (Lipinski definition) is 2. The fourth-order valence-electron chi connectivity index (χ4n) is 2.16. The van der Waals surface area contributed by atoms with Crippen LogP contribution in [0.1, 0.15) is 10.4 Å². The van der Waals surface area contributed by atoms with Gasteiger partial charge in [-0.05, 0) is 18.2 Å². The Balaban J connectivity index is 1.81. The lowest BCUT2D eigenvalue weighted by atomic mass is 10.2. The molecule has 0 unspecified atom stereocenters. The lowest BCUT2D eigenvalue weighted by Gasteiger charge is -2.10. The summed E-state index contributed by atoms with van der Waals surface area (Å²) in [6.07, 6.45) is 3.83. The molecular formula is C16H11N7O6. The Morgan fingerprint density at radius 2 is 1.90 bits per heavy atom. The summed E-state index contributed by atoms with van der Waals surface area (Å²) in [4.78, 5) is 44.3. The molecule has 3 aromatic rings. The molecule has 0 aliphatic heterocycles. The van der Waals surface area contributed by atoms with Crippen molar-refractivity contribution in [3.8, 4) is 11.6 Å². The number of benzene rings is 1. The minimum Gasteiger partial charge on any atom is -0.432 e. The molecule has 29 heavy (non-hydrogen) atoms. The summed E-state index contributed by atoms with van der Waals surface area (Å²) in [5, 5.41) is 22.3. The van der Waals surface area contributed by atoms with Crippen molar-refractivity contribution >= 4 is 23.1 Å². The second-order valence-corrected chi connectivity index (χ2v) is 5.31. The Morgan fingerprint density at radius 3 is 2.59 bits per heavy atom. The van der Waals surface area contributed by atoms with Gasteiger partial charge in [0.1, 0.15) is 12.1 Å². The van der Waals surface area contributed by atoms with E-state index in [1.54, 1.807) is 6.07 Å². The first-order valence-corrected chi connectivity index (χ1v) is 7.84. The van der Waals surface area contributed by atoms with E-state index in [1.165, 1.54) is 36.7 Å². The van der Waals surface area contributed by atoms with Gasteiger partial charge < -0.3 is 4.74 Å². The maximum absolute atomic E-state index is 12.2. The van der Waals surface area contributed by atoms with Gasteiger partial charge in [0.2, 0.25) is 5.82 Å². The molecular weight excluding hydrogens is 386 g/mol. The first-order valence-electron chi connectivity index (χ1n) is 7.84. The zero-order valence-electron chi connectivity index (χ0n) is 14.4. The zero-order chi connectivity index (χ0) is 20.8. The monoisotopic (exact) mass is 397 g/mol. The minimum atomic E-state index is -0.784. The largest absolute Gasteiger partial charge is 0.432 e. The maximum Gasteiger partial charge on any atom is 0.374 e. The summed E-state index contributed by atoms with van der Waals surface area (Å²) in [5.41, 5.74) is 3.56. The van der Waals surface area contributed by atoms with E-state index < -0.39 is 21.4 Å². The van der Waals surface area contributed by atoms with Crippen molar-refractivity contribution in [1.82, 2.24) is 20.4 Å². The van der Waals surface area contributed by atoms with Gasteiger partial charge >= 0.3 is 11.6 Å². The first kappa shape index (κ1) is 19.1. The van der Waals surface area contributed by atoms with Crippen LogP contribution in [-0.4, -0.2) is 30.7 Å². The SMILES string of the molecule is O=C(NNc1ncnc(Oc2cccnc2)c1[N+](=O)[O-])c1cccc([N+](=O)[O-])c1. The number of nitrogens with one attached hydrogen (secondary N) is 2. The maximum atomic E-state index is 12.2. The van der Waals surface area contributed by atoms with Crippen LogP contribution in [0.25, 0.3) is 0 Å². The van der Waals surface area contributed by atoms with Crippen LogP contribution in [0.2, 0.25) is 0 Å². The Hall–Kier alpha value is -4.68. The van der Waals surface area contributed by atoms with E-state index in [2.05, 4.69) is 25.8 Å². The smallest absolute Gasteiger partial charge is 0.374 e. The number of hydrazine groups is 1. The van der Waals surface area contributed by atoms with Crippen molar-refractivity contribution in [1.29, 1.82) is 0 Å². The quantitative estimate of drug-likeness (QED) is 0.444. The number of nitro groups is 2. The summed E-state index contributed by atoms with van der Waals surface area (Å²) in [6.45, 7) is 0. The third kappa shape index (κ3) is 4.54. The van der Waals surface area contributed by atoms with E-state index in [0.717, 1.165) is 12.4 Å². The lowest BCUT2D eigenvalue weighted by molar-refractivity contribution is -0.385. The number of carbonyl (C=O) groups is 1. The molecule has 2 N–H and O–H groups in total. The van der Waals surface area contributed by atoms with Gasteiger partial charge in [-0.2, -0.15) is 4.98 Å². The average Bonchev–Trinajstić information content (AvgIpc) is 2.72. The third-order valence-electron chi connectivity index (χ3n) is 3.43. The van der Waals surface area contributed by atoms with Crippen LogP contribution in [0, 0.1) is 20.2 Å². The Kier molecular flexibility index (Phi) is 5.49.